The van der Waals surface area contributed by atoms with Crippen LogP contribution < -0.4 is 25.3 Å². The summed E-state index contributed by atoms with van der Waals surface area (Å²) in [5, 5.41) is 13.3. The lowest BCUT2D eigenvalue weighted by Gasteiger charge is -2.15. The predicted octanol–water partition coefficient (Wildman–Crippen LogP) is 6.57. The fourth-order valence-electron chi connectivity index (χ4n) is 5.81. The highest BCUT2D eigenvalue weighted by atomic mass is 16.5. The minimum atomic E-state index is -0.397. The highest BCUT2D eigenvalue weighted by Gasteiger charge is 2.26. The number of hydrogen-bond donors (Lipinski definition) is 2. The molecule has 0 aliphatic heterocycles. The first-order valence-electron chi connectivity index (χ1n) is 18.3. The molecule has 0 aliphatic rings. The van der Waals surface area contributed by atoms with Crippen molar-refractivity contribution in [2.45, 2.75) is 54.3 Å². The van der Waals surface area contributed by atoms with Gasteiger partial charge in [-0.1, -0.05) is 56.3 Å². The molecule has 0 aliphatic carbocycles. The molecular formula is C42H49N9O5. The highest BCUT2D eigenvalue weighted by Crippen LogP contribution is 2.26. The number of fused-ring (bicyclic) bond motifs is 1. The van der Waals surface area contributed by atoms with Crippen LogP contribution in [0.15, 0.2) is 102 Å². The van der Waals surface area contributed by atoms with Crippen LogP contribution in [0, 0.1) is 6.92 Å². The second-order valence-corrected chi connectivity index (χ2v) is 12.3. The maximum absolute atomic E-state index is 13.8. The van der Waals surface area contributed by atoms with Crippen LogP contribution in [0.5, 0.6) is 17.2 Å². The van der Waals surface area contributed by atoms with Crippen LogP contribution in [-0.4, -0.2) is 69.0 Å². The van der Waals surface area contributed by atoms with Gasteiger partial charge in [0.15, 0.2) is 17.3 Å². The molecule has 14 heteroatoms. The summed E-state index contributed by atoms with van der Waals surface area (Å²) >= 11 is 0. The first-order chi connectivity index (χ1) is 27.2. The van der Waals surface area contributed by atoms with Crippen molar-refractivity contribution < 1.29 is 23.7 Å². The molecule has 6 rings (SSSR count). The number of methoxy groups -OCH3 is 3. The third-order valence-electron chi connectivity index (χ3n) is 8.52. The lowest BCUT2D eigenvalue weighted by atomic mass is 10.1. The van der Waals surface area contributed by atoms with Crippen LogP contribution in [0.3, 0.4) is 0 Å². The van der Waals surface area contributed by atoms with E-state index in [1.54, 1.807) is 45.2 Å². The quantitative estimate of drug-likeness (QED) is 0.0865. The average Bonchev–Trinajstić information content (AvgIpc) is 3.82. The number of carbonyl (C=O) groups excluding carboxylic acids is 1. The number of nitrogens with one attached hydrogen (secondary N) is 1. The number of aliphatic imine (C=N–C) groups is 1. The number of allylic oxidation sites excluding steroid dienone is 2. The van der Waals surface area contributed by atoms with E-state index < -0.39 is 5.91 Å². The normalized spacial score (nSPS) is 11.7. The van der Waals surface area contributed by atoms with Gasteiger partial charge >= 0.3 is 0 Å². The summed E-state index contributed by atoms with van der Waals surface area (Å²) in [6.45, 7) is 10.7. The molecule has 0 bridgehead atoms. The van der Waals surface area contributed by atoms with Crippen molar-refractivity contribution in [1.82, 2.24) is 34.8 Å². The number of amides is 1. The summed E-state index contributed by atoms with van der Waals surface area (Å²) in [4.78, 5) is 28.2. The Hall–Kier alpha value is -6.70. The Labute approximate surface area is 327 Å². The molecule has 56 heavy (non-hydrogen) atoms. The zero-order valence-electron chi connectivity index (χ0n) is 33.2. The molecule has 3 N–H and O–H groups in total. The minimum Gasteiger partial charge on any atom is -0.497 e. The van der Waals surface area contributed by atoms with Crippen molar-refractivity contribution >= 4 is 22.5 Å². The summed E-state index contributed by atoms with van der Waals surface area (Å²) in [5.41, 5.74) is 11.4. The SMILES string of the molecule is CC.CCN=C(/C(OCc1ccccc1)=C(/C)N)c1nc(-n2nc(C(=O)NCc3ccc(OC)cc3OC)c3cc(C)ncc32)nn1Cc1ccc(OC)cc1. The Bertz CT molecular complexity index is 2310. The Balaban J connectivity index is 0.00000295. The molecule has 3 heterocycles. The van der Waals surface area contributed by atoms with E-state index >= 15 is 0 Å². The zero-order valence-corrected chi connectivity index (χ0v) is 33.2. The van der Waals surface area contributed by atoms with Crippen molar-refractivity contribution in [3.8, 4) is 23.2 Å². The first-order valence-corrected chi connectivity index (χ1v) is 18.3. The highest BCUT2D eigenvalue weighted by molar-refractivity contribution is 6.09. The third kappa shape index (κ3) is 9.32. The van der Waals surface area contributed by atoms with Crippen molar-refractivity contribution in [3.05, 3.63) is 130 Å². The zero-order chi connectivity index (χ0) is 40.2. The van der Waals surface area contributed by atoms with Gasteiger partial charge in [0.1, 0.15) is 29.6 Å². The number of rotatable bonds is 15. The van der Waals surface area contributed by atoms with E-state index in [1.165, 1.54) is 4.68 Å². The second kappa shape index (κ2) is 19.1. The van der Waals surface area contributed by atoms with E-state index in [4.69, 9.17) is 44.9 Å². The molecule has 3 aromatic carbocycles. The van der Waals surface area contributed by atoms with Gasteiger partial charge in [-0.3, -0.25) is 14.8 Å². The number of nitrogens with two attached hydrogens (primary N) is 1. The van der Waals surface area contributed by atoms with E-state index in [0.717, 1.165) is 22.4 Å². The van der Waals surface area contributed by atoms with Crippen molar-refractivity contribution in [2.75, 3.05) is 27.9 Å². The molecule has 292 valence electrons. The lowest BCUT2D eigenvalue weighted by Crippen LogP contribution is -2.24. The van der Waals surface area contributed by atoms with Crippen LogP contribution in [-0.2, 0) is 24.4 Å². The van der Waals surface area contributed by atoms with Crippen molar-refractivity contribution in [1.29, 1.82) is 0 Å². The van der Waals surface area contributed by atoms with Crippen LogP contribution >= 0.6 is 0 Å². The van der Waals surface area contributed by atoms with Gasteiger partial charge in [0.05, 0.1) is 45.3 Å². The average molecular weight is 760 g/mol. The van der Waals surface area contributed by atoms with Gasteiger partial charge in [-0.15, -0.1) is 5.10 Å². The van der Waals surface area contributed by atoms with Crippen LogP contribution in [0.25, 0.3) is 16.9 Å². The summed E-state index contributed by atoms with van der Waals surface area (Å²) in [5.74, 6) is 2.54. The number of carbonyl (C=O) groups is 1. The van der Waals surface area contributed by atoms with Gasteiger partial charge in [-0.25, -0.2) is 4.68 Å². The second-order valence-electron chi connectivity index (χ2n) is 12.3. The molecular weight excluding hydrogens is 711 g/mol. The monoisotopic (exact) mass is 759 g/mol. The standard InChI is InChI=1S/C40H43N9O5.C2H6/c1-7-42-36(37(26(3)41)54-24-28-11-9-8-10-12-28)38-45-40(47-48(38)23-27-13-16-30(51-4)17-14-27)49-33-22-43-25(2)19-32(33)35(46-49)39(50)44-21-29-15-18-31(52-5)20-34(29)53-6;1-2/h8-20,22H,7,21,23-24,41H2,1-6H3,(H,44,50);1-2H3/b37-26+,42-36?;. The van der Waals surface area contributed by atoms with Crippen LogP contribution in [0.4, 0.5) is 0 Å². The summed E-state index contributed by atoms with van der Waals surface area (Å²) in [6.07, 6.45) is 1.66. The van der Waals surface area contributed by atoms with E-state index in [-0.39, 0.29) is 24.8 Å². The molecule has 0 spiro atoms. The van der Waals surface area contributed by atoms with Crippen molar-refractivity contribution in [3.63, 3.8) is 0 Å². The van der Waals surface area contributed by atoms with Crippen LogP contribution in [0.1, 0.15) is 66.4 Å². The molecule has 0 saturated carbocycles. The Morgan fingerprint density at radius 1 is 0.893 bits per heavy atom. The van der Waals surface area contributed by atoms with Gasteiger partial charge in [0.2, 0.25) is 0 Å². The Kier molecular flexibility index (Phi) is 13.8. The van der Waals surface area contributed by atoms with E-state index in [1.807, 2.05) is 100 Å². The van der Waals surface area contributed by atoms with Gasteiger partial charge in [-0.2, -0.15) is 14.8 Å². The Morgan fingerprint density at radius 2 is 1.61 bits per heavy atom. The fourth-order valence-corrected chi connectivity index (χ4v) is 5.81. The van der Waals surface area contributed by atoms with Gasteiger partial charge in [-0.05, 0) is 62.2 Å². The maximum atomic E-state index is 13.8. The number of hydrogen-bond acceptors (Lipinski definition) is 11. The first kappa shape index (κ1) is 40.5. The maximum Gasteiger partial charge on any atom is 0.272 e. The lowest BCUT2D eigenvalue weighted by molar-refractivity contribution is 0.0947. The Morgan fingerprint density at radius 3 is 2.27 bits per heavy atom. The number of pyridine rings is 1. The molecule has 14 nitrogen and oxygen atoms in total. The smallest absolute Gasteiger partial charge is 0.272 e. The minimum absolute atomic E-state index is 0.183. The van der Waals surface area contributed by atoms with E-state index in [9.17, 15) is 4.79 Å². The number of nitrogens with zero attached hydrogens (tertiary/aromatic N) is 7. The molecule has 0 radical (unpaired) electrons. The van der Waals surface area contributed by atoms with E-state index in [2.05, 4.69) is 10.3 Å². The molecule has 1 amide bonds. The molecule has 0 saturated heterocycles. The molecule has 0 atom stereocenters. The summed E-state index contributed by atoms with van der Waals surface area (Å²) in [6, 6.07) is 24.7. The van der Waals surface area contributed by atoms with Gasteiger partial charge in [0, 0.05) is 35.8 Å². The topological polar surface area (TPSA) is 166 Å². The summed E-state index contributed by atoms with van der Waals surface area (Å²) in [7, 11) is 4.78. The number of aromatic nitrogens is 6. The number of benzene rings is 3. The van der Waals surface area contributed by atoms with E-state index in [0.29, 0.717) is 64.2 Å². The summed E-state index contributed by atoms with van der Waals surface area (Å²) < 4.78 is 25.8. The molecule has 3 aromatic heterocycles. The third-order valence-corrected chi connectivity index (χ3v) is 8.52. The van der Waals surface area contributed by atoms with Crippen LogP contribution in [0.2, 0.25) is 0 Å². The molecule has 0 fully saturated rings. The van der Waals surface area contributed by atoms with Gasteiger partial charge < -0.3 is 30.0 Å². The molecule has 0 unspecified atom stereocenters. The van der Waals surface area contributed by atoms with Gasteiger partial charge in [0.25, 0.3) is 11.9 Å². The molecule has 6 aromatic rings. The number of aryl methyl sites for hydroxylation is 1. The predicted molar refractivity (Wildman–Crippen MR) is 217 cm³/mol. The van der Waals surface area contributed by atoms with Crippen molar-refractivity contribution in [2.24, 2.45) is 10.7 Å². The fraction of sp³-hybridized carbons (Fsp3) is 0.286. The number of ether oxygens (including phenoxy) is 4. The largest absolute Gasteiger partial charge is 0.497 e.